The molecule has 1 fully saturated rings. The van der Waals surface area contributed by atoms with E-state index in [1.165, 1.54) is 7.05 Å². The highest BCUT2D eigenvalue weighted by Gasteiger charge is 2.30. The molecule has 0 radical (unpaired) electrons. The minimum Gasteiger partial charge on any atom is -0.354 e. The van der Waals surface area contributed by atoms with Gasteiger partial charge in [-0.2, -0.15) is 0 Å². The largest absolute Gasteiger partial charge is 0.354 e. The first kappa shape index (κ1) is 17.0. The lowest BCUT2D eigenvalue weighted by atomic mass is 10.3. The van der Waals surface area contributed by atoms with Crippen molar-refractivity contribution < 1.29 is 9.59 Å². The molecule has 0 saturated heterocycles. The van der Waals surface area contributed by atoms with Crippen LogP contribution in [0.15, 0.2) is 30.3 Å². The van der Waals surface area contributed by atoms with Gasteiger partial charge in [0.05, 0.1) is 16.7 Å². The third-order valence-electron chi connectivity index (χ3n) is 4.47. The number of carbonyl (C=O) groups is 2. The predicted molar refractivity (Wildman–Crippen MR) is 101 cm³/mol. The third kappa shape index (κ3) is 3.31. The zero-order valence-corrected chi connectivity index (χ0v) is 15.0. The number of carbonyl (C=O) groups excluding carboxylic acids is 2. The van der Waals surface area contributed by atoms with Crippen LogP contribution >= 0.6 is 0 Å². The topological polar surface area (TPSA) is 114 Å². The first-order valence-corrected chi connectivity index (χ1v) is 8.66. The number of imidazole rings is 1. The van der Waals surface area contributed by atoms with Gasteiger partial charge in [-0.3, -0.25) is 9.59 Å². The second-order valence-electron chi connectivity index (χ2n) is 6.44. The fourth-order valence-corrected chi connectivity index (χ4v) is 2.79. The number of benzene rings is 1. The Morgan fingerprint density at radius 2 is 1.96 bits per heavy atom. The predicted octanol–water partition coefficient (Wildman–Crippen LogP) is 1.81. The zero-order valence-electron chi connectivity index (χ0n) is 15.0. The molecular weight excluding hydrogens is 346 g/mol. The van der Waals surface area contributed by atoms with Crippen molar-refractivity contribution >= 4 is 40.3 Å². The number of aryl methyl sites for hydroxylation is 1. The summed E-state index contributed by atoms with van der Waals surface area (Å²) >= 11 is 0. The Labute approximate surface area is 155 Å². The van der Waals surface area contributed by atoms with E-state index in [1.807, 2.05) is 35.9 Å². The quantitative estimate of drug-likeness (QED) is 0.635. The van der Waals surface area contributed by atoms with Crippen LogP contribution < -0.4 is 16.0 Å². The molecule has 1 aliphatic rings. The fraction of sp³-hybridized carbons (Fsp3) is 0.278. The summed E-state index contributed by atoms with van der Waals surface area (Å²) in [6, 6.07) is 9.31. The number of hydrogen-bond donors (Lipinski definition) is 3. The molecule has 4 rings (SSSR count). The summed E-state index contributed by atoms with van der Waals surface area (Å²) < 4.78 is 1.88. The van der Waals surface area contributed by atoms with Gasteiger partial charge in [0.25, 0.3) is 5.91 Å². The number of hydrogen-bond acceptors (Lipinski definition) is 6. The molecule has 0 spiro atoms. The van der Waals surface area contributed by atoms with Gasteiger partial charge in [0.15, 0.2) is 11.5 Å². The maximum Gasteiger partial charge on any atom is 0.273 e. The number of para-hydroxylation sites is 2. The first-order chi connectivity index (χ1) is 13.1. The molecular formula is C18H19N7O2. The minimum absolute atomic E-state index is 0.0432. The lowest BCUT2D eigenvalue weighted by molar-refractivity contribution is -0.117. The smallest absolute Gasteiger partial charge is 0.273 e. The summed E-state index contributed by atoms with van der Waals surface area (Å²) in [7, 11) is 3.40. The van der Waals surface area contributed by atoms with Crippen LogP contribution in [0.4, 0.5) is 17.5 Å². The van der Waals surface area contributed by atoms with Gasteiger partial charge in [-0.1, -0.05) is 12.1 Å². The first-order valence-electron chi connectivity index (χ1n) is 8.66. The zero-order chi connectivity index (χ0) is 19.0. The molecule has 0 atom stereocenters. The van der Waals surface area contributed by atoms with Crippen LogP contribution in [-0.4, -0.2) is 38.6 Å². The normalized spacial score (nSPS) is 13.4. The molecule has 138 valence electrons. The van der Waals surface area contributed by atoms with Crippen molar-refractivity contribution in [3.8, 4) is 0 Å². The Balaban J connectivity index is 1.70. The van der Waals surface area contributed by atoms with E-state index in [-0.39, 0.29) is 23.4 Å². The lowest BCUT2D eigenvalue weighted by Gasteiger charge is -2.11. The van der Waals surface area contributed by atoms with E-state index in [1.54, 1.807) is 6.07 Å². The molecule has 3 N–H and O–H groups in total. The Morgan fingerprint density at radius 3 is 2.67 bits per heavy atom. The van der Waals surface area contributed by atoms with Crippen LogP contribution in [0.25, 0.3) is 11.0 Å². The number of rotatable bonds is 5. The van der Waals surface area contributed by atoms with E-state index >= 15 is 0 Å². The van der Waals surface area contributed by atoms with Gasteiger partial charge in [-0.05, 0) is 25.0 Å². The van der Waals surface area contributed by atoms with Gasteiger partial charge in [0.1, 0.15) is 0 Å². The summed E-state index contributed by atoms with van der Waals surface area (Å²) in [6.07, 6.45) is 1.78. The maximum absolute atomic E-state index is 12.2. The Morgan fingerprint density at radius 1 is 1.19 bits per heavy atom. The van der Waals surface area contributed by atoms with Gasteiger partial charge >= 0.3 is 0 Å². The molecule has 1 aromatic carbocycles. The highest BCUT2D eigenvalue weighted by molar-refractivity contribution is 5.99. The summed E-state index contributed by atoms with van der Waals surface area (Å²) in [5.74, 6) is 0.422. The van der Waals surface area contributed by atoms with Crippen molar-refractivity contribution in [2.45, 2.75) is 12.8 Å². The van der Waals surface area contributed by atoms with Crippen molar-refractivity contribution in [3.63, 3.8) is 0 Å². The van der Waals surface area contributed by atoms with Crippen LogP contribution in [0.3, 0.4) is 0 Å². The summed E-state index contributed by atoms with van der Waals surface area (Å²) in [5, 5.41) is 16.4. The van der Waals surface area contributed by atoms with Crippen LogP contribution in [0.2, 0.25) is 0 Å². The molecule has 1 saturated carbocycles. The average Bonchev–Trinajstić information content (AvgIpc) is 3.48. The second kappa shape index (κ2) is 6.67. The van der Waals surface area contributed by atoms with Crippen molar-refractivity contribution in [2.24, 2.45) is 13.0 Å². The van der Waals surface area contributed by atoms with Gasteiger partial charge in [0.2, 0.25) is 11.9 Å². The maximum atomic E-state index is 12.2. The van der Waals surface area contributed by atoms with Crippen molar-refractivity contribution in [1.29, 1.82) is 0 Å². The number of anilines is 3. The van der Waals surface area contributed by atoms with E-state index < -0.39 is 0 Å². The van der Waals surface area contributed by atoms with Crippen LogP contribution in [0, 0.1) is 5.92 Å². The third-order valence-corrected chi connectivity index (χ3v) is 4.47. The van der Waals surface area contributed by atoms with E-state index in [2.05, 4.69) is 31.1 Å². The number of nitrogens with one attached hydrogen (secondary N) is 3. The summed E-state index contributed by atoms with van der Waals surface area (Å²) in [5.41, 5.74) is 2.31. The summed E-state index contributed by atoms with van der Waals surface area (Å²) in [4.78, 5) is 28.7. The van der Waals surface area contributed by atoms with Gasteiger partial charge < -0.3 is 20.5 Å². The van der Waals surface area contributed by atoms with Crippen molar-refractivity contribution in [3.05, 3.63) is 36.0 Å². The van der Waals surface area contributed by atoms with Gasteiger partial charge in [0, 0.05) is 26.1 Å². The highest BCUT2D eigenvalue weighted by Crippen LogP contribution is 2.30. The Bertz CT molecular complexity index is 1040. The standard InChI is InChI=1S/C18H19N7O2/c1-19-17(27)15-12(9-14(23-24-15)22-16(26)10-7-8-10)21-18-20-11-5-3-4-6-13(11)25(18)2/h3-6,9-10H,7-8H2,1-2H3,(H,19,27)(H2,20,21,22,23,26). The number of aromatic nitrogens is 4. The highest BCUT2D eigenvalue weighted by atomic mass is 16.2. The average molecular weight is 365 g/mol. The number of nitrogens with zero attached hydrogens (tertiary/aromatic N) is 4. The van der Waals surface area contributed by atoms with Crippen LogP contribution in [0.5, 0.6) is 0 Å². The molecule has 2 amide bonds. The SMILES string of the molecule is CNC(=O)c1nnc(NC(=O)C2CC2)cc1Nc1nc2ccccc2n1C. The van der Waals surface area contributed by atoms with E-state index in [4.69, 9.17) is 0 Å². The summed E-state index contributed by atoms with van der Waals surface area (Å²) in [6.45, 7) is 0. The molecule has 27 heavy (non-hydrogen) atoms. The van der Waals surface area contributed by atoms with Crippen LogP contribution in [-0.2, 0) is 11.8 Å². The minimum atomic E-state index is -0.385. The monoisotopic (exact) mass is 365 g/mol. The number of amides is 2. The Kier molecular flexibility index (Phi) is 4.19. The molecule has 0 aliphatic heterocycles. The van der Waals surface area contributed by atoms with Gasteiger partial charge in [-0.25, -0.2) is 4.98 Å². The fourth-order valence-electron chi connectivity index (χ4n) is 2.79. The van der Waals surface area contributed by atoms with E-state index in [0.29, 0.717) is 17.5 Å². The molecule has 3 aromatic rings. The van der Waals surface area contributed by atoms with E-state index in [9.17, 15) is 9.59 Å². The van der Waals surface area contributed by atoms with Crippen LogP contribution in [0.1, 0.15) is 23.3 Å². The van der Waals surface area contributed by atoms with E-state index in [0.717, 1.165) is 23.9 Å². The molecule has 9 nitrogen and oxygen atoms in total. The Hall–Kier alpha value is -3.49. The second-order valence-corrected chi connectivity index (χ2v) is 6.44. The molecule has 0 bridgehead atoms. The molecule has 1 aliphatic carbocycles. The molecule has 2 heterocycles. The van der Waals surface area contributed by atoms with Gasteiger partial charge in [-0.15, -0.1) is 10.2 Å². The molecule has 2 aromatic heterocycles. The molecule has 0 unspecified atom stereocenters. The number of fused-ring (bicyclic) bond motifs is 1. The lowest BCUT2D eigenvalue weighted by Crippen LogP contribution is -2.22. The van der Waals surface area contributed by atoms with Crippen molar-refractivity contribution in [1.82, 2.24) is 25.1 Å². The van der Waals surface area contributed by atoms with Crippen molar-refractivity contribution in [2.75, 3.05) is 17.7 Å². The molecule has 9 heteroatoms.